The standard InChI is InChI=1S/C20H24N2O3/c1-12-9-14(3)18(10-13(12)2)19(23)11-25-20(24)8-7-17-15(4)21-22(6)16(17)5/h7-10H,11H2,1-6H3/b8-7+. The molecule has 0 bridgehead atoms. The lowest BCUT2D eigenvalue weighted by Gasteiger charge is -2.09. The summed E-state index contributed by atoms with van der Waals surface area (Å²) in [5.41, 5.74) is 6.35. The largest absolute Gasteiger partial charge is 0.454 e. The van der Waals surface area contributed by atoms with Crippen molar-refractivity contribution in [2.24, 2.45) is 7.05 Å². The van der Waals surface area contributed by atoms with Crippen molar-refractivity contribution in [2.75, 3.05) is 6.61 Å². The molecule has 2 aromatic rings. The van der Waals surface area contributed by atoms with Crippen LogP contribution in [0, 0.1) is 34.6 Å². The Morgan fingerprint density at radius 2 is 1.72 bits per heavy atom. The molecule has 0 amide bonds. The van der Waals surface area contributed by atoms with E-state index in [0.717, 1.165) is 33.6 Å². The van der Waals surface area contributed by atoms with Gasteiger partial charge in [0.05, 0.1) is 5.69 Å². The highest BCUT2D eigenvalue weighted by Crippen LogP contribution is 2.16. The van der Waals surface area contributed by atoms with Gasteiger partial charge in [0.2, 0.25) is 5.78 Å². The second-order valence-corrected chi connectivity index (χ2v) is 6.32. The molecule has 0 saturated carbocycles. The van der Waals surface area contributed by atoms with Gasteiger partial charge in [0, 0.05) is 29.9 Å². The van der Waals surface area contributed by atoms with Crippen LogP contribution >= 0.6 is 0 Å². The van der Waals surface area contributed by atoms with Gasteiger partial charge in [-0.3, -0.25) is 9.48 Å². The van der Waals surface area contributed by atoms with Crippen LogP contribution < -0.4 is 0 Å². The summed E-state index contributed by atoms with van der Waals surface area (Å²) in [4.78, 5) is 24.2. The fourth-order valence-electron chi connectivity index (χ4n) is 2.71. The summed E-state index contributed by atoms with van der Waals surface area (Å²) in [6.45, 7) is 9.39. The van der Waals surface area contributed by atoms with Crippen LogP contribution in [-0.2, 0) is 16.6 Å². The van der Waals surface area contributed by atoms with Crippen LogP contribution in [0.3, 0.4) is 0 Å². The van der Waals surface area contributed by atoms with Crippen LogP contribution in [0.25, 0.3) is 6.08 Å². The fraction of sp³-hybridized carbons (Fsp3) is 0.350. The maximum atomic E-state index is 12.3. The summed E-state index contributed by atoms with van der Waals surface area (Å²) in [5, 5.41) is 4.29. The molecule has 0 fully saturated rings. The summed E-state index contributed by atoms with van der Waals surface area (Å²) >= 11 is 0. The molecule has 0 saturated heterocycles. The maximum absolute atomic E-state index is 12.3. The van der Waals surface area contributed by atoms with Crippen LogP contribution in [0.4, 0.5) is 0 Å². The Kier molecular flexibility index (Phi) is 5.57. The molecule has 0 aliphatic carbocycles. The van der Waals surface area contributed by atoms with E-state index < -0.39 is 5.97 Å². The third kappa shape index (κ3) is 4.24. The molecular weight excluding hydrogens is 316 g/mol. The Bertz CT molecular complexity index is 860. The highest BCUT2D eigenvalue weighted by Gasteiger charge is 2.13. The van der Waals surface area contributed by atoms with E-state index in [4.69, 9.17) is 4.74 Å². The zero-order valence-corrected chi connectivity index (χ0v) is 15.6. The minimum absolute atomic E-state index is 0.198. The Labute approximate surface area is 148 Å². The Hall–Kier alpha value is -2.69. The van der Waals surface area contributed by atoms with Gasteiger partial charge in [-0.25, -0.2) is 4.79 Å². The Balaban J connectivity index is 2.01. The smallest absolute Gasteiger partial charge is 0.331 e. The van der Waals surface area contributed by atoms with Gasteiger partial charge < -0.3 is 4.74 Å². The topological polar surface area (TPSA) is 61.2 Å². The van der Waals surface area contributed by atoms with E-state index in [1.807, 2.05) is 53.8 Å². The summed E-state index contributed by atoms with van der Waals surface area (Å²) in [7, 11) is 1.85. The zero-order chi connectivity index (χ0) is 18.7. The molecule has 1 aromatic heterocycles. The number of nitrogens with zero attached hydrogens (tertiary/aromatic N) is 2. The number of aromatic nitrogens is 2. The minimum Gasteiger partial charge on any atom is -0.454 e. The third-order valence-corrected chi connectivity index (χ3v) is 4.44. The van der Waals surface area contributed by atoms with Crippen LogP contribution in [0.15, 0.2) is 18.2 Å². The van der Waals surface area contributed by atoms with Crippen molar-refractivity contribution in [1.82, 2.24) is 9.78 Å². The summed E-state index contributed by atoms with van der Waals surface area (Å²) in [6.07, 6.45) is 3.00. The molecule has 5 heteroatoms. The normalized spacial score (nSPS) is 11.1. The van der Waals surface area contributed by atoms with Crippen LogP contribution in [-0.4, -0.2) is 28.1 Å². The molecule has 1 heterocycles. The quantitative estimate of drug-likeness (QED) is 0.475. The molecule has 0 atom stereocenters. The van der Waals surface area contributed by atoms with Gasteiger partial charge in [-0.05, 0) is 63.5 Å². The average molecular weight is 340 g/mol. The van der Waals surface area contributed by atoms with Crippen molar-refractivity contribution in [3.63, 3.8) is 0 Å². The number of rotatable bonds is 5. The van der Waals surface area contributed by atoms with E-state index in [1.54, 1.807) is 10.8 Å². The number of hydrogen-bond donors (Lipinski definition) is 0. The number of ether oxygens (including phenoxy) is 1. The lowest BCUT2D eigenvalue weighted by molar-refractivity contribution is -0.136. The number of esters is 1. The van der Waals surface area contributed by atoms with E-state index in [1.165, 1.54) is 6.08 Å². The second-order valence-electron chi connectivity index (χ2n) is 6.32. The van der Waals surface area contributed by atoms with Crippen molar-refractivity contribution in [2.45, 2.75) is 34.6 Å². The van der Waals surface area contributed by atoms with E-state index in [2.05, 4.69) is 5.10 Å². The summed E-state index contributed by atoms with van der Waals surface area (Å²) in [5.74, 6) is -0.742. The lowest BCUT2D eigenvalue weighted by atomic mass is 9.98. The van der Waals surface area contributed by atoms with Gasteiger partial charge in [-0.15, -0.1) is 0 Å². The first-order valence-corrected chi connectivity index (χ1v) is 8.16. The molecule has 0 aliphatic rings. The van der Waals surface area contributed by atoms with Crippen LogP contribution in [0.5, 0.6) is 0 Å². The first-order valence-electron chi connectivity index (χ1n) is 8.16. The molecule has 25 heavy (non-hydrogen) atoms. The Morgan fingerprint density at radius 3 is 2.32 bits per heavy atom. The number of ketones is 1. The van der Waals surface area contributed by atoms with Crippen molar-refractivity contribution in [3.05, 3.63) is 57.4 Å². The zero-order valence-electron chi connectivity index (χ0n) is 15.6. The molecule has 1 aromatic carbocycles. The van der Waals surface area contributed by atoms with Crippen molar-refractivity contribution < 1.29 is 14.3 Å². The number of carbonyl (C=O) groups excluding carboxylic acids is 2. The number of hydrogen-bond acceptors (Lipinski definition) is 4. The van der Waals surface area contributed by atoms with Gasteiger partial charge in [0.15, 0.2) is 6.61 Å². The molecule has 0 N–H and O–H groups in total. The predicted molar refractivity (Wildman–Crippen MR) is 97.7 cm³/mol. The predicted octanol–water partition coefficient (Wildman–Crippen LogP) is 3.40. The summed E-state index contributed by atoms with van der Waals surface area (Å²) in [6, 6.07) is 3.82. The second kappa shape index (κ2) is 7.47. The number of Topliss-reactive ketones (excluding diaryl/α,β-unsaturated/α-hetero) is 1. The molecule has 0 unspecified atom stereocenters. The molecule has 0 radical (unpaired) electrons. The molecule has 0 spiro atoms. The first-order chi connectivity index (χ1) is 11.7. The van der Waals surface area contributed by atoms with E-state index in [-0.39, 0.29) is 12.4 Å². The average Bonchev–Trinajstić information content (AvgIpc) is 2.79. The molecule has 5 nitrogen and oxygen atoms in total. The van der Waals surface area contributed by atoms with E-state index >= 15 is 0 Å². The Morgan fingerprint density at radius 1 is 1.08 bits per heavy atom. The van der Waals surface area contributed by atoms with Gasteiger partial charge >= 0.3 is 5.97 Å². The number of carbonyl (C=O) groups is 2. The monoisotopic (exact) mass is 340 g/mol. The SMILES string of the molecule is Cc1cc(C)c(C(=O)COC(=O)/C=C/c2c(C)nn(C)c2C)cc1C. The molecular formula is C20H24N2O3. The maximum Gasteiger partial charge on any atom is 0.331 e. The van der Waals surface area contributed by atoms with E-state index in [0.29, 0.717) is 5.56 Å². The highest BCUT2D eigenvalue weighted by molar-refractivity contribution is 6.00. The molecule has 2 rings (SSSR count). The van der Waals surface area contributed by atoms with Crippen molar-refractivity contribution in [3.8, 4) is 0 Å². The number of aryl methyl sites for hydroxylation is 5. The van der Waals surface area contributed by atoms with Crippen LogP contribution in [0.1, 0.15) is 44.0 Å². The van der Waals surface area contributed by atoms with Gasteiger partial charge in [-0.2, -0.15) is 5.10 Å². The first kappa shape index (κ1) is 18.6. The molecule has 132 valence electrons. The van der Waals surface area contributed by atoms with Crippen LogP contribution in [0.2, 0.25) is 0 Å². The third-order valence-electron chi connectivity index (χ3n) is 4.44. The van der Waals surface area contributed by atoms with E-state index in [9.17, 15) is 9.59 Å². The van der Waals surface area contributed by atoms with Gasteiger partial charge in [-0.1, -0.05) is 6.07 Å². The summed E-state index contributed by atoms with van der Waals surface area (Å²) < 4.78 is 6.85. The van der Waals surface area contributed by atoms with Gasteiger partial charge in [0.1, 0.15) is 0 Å². The van der Waals surface area contributed by atoms with Gasteiger partial charge in [0.25, 0.3) is 0 Å². The fourth-order valence-corrected chi connectivity index (χ4v) is 2.71. The number of benzene rings is 1. The van der Waals surface area contributed by atoms with Crippen molar-refractivity contribution >= 4 is 17.8 Å². The van der Waals surface area contributed by atoms with Crippen molar-refractivity contribution in [1.29, 1.82) is 0 Å². The molecule has 0 aliphatic heterocycles. The lowest BCUT2D eigenvalue weighted by Crippen LogP contribution is -2.14. The highest BCUT2D eigenvalue weighted by atomic mass is 16.5. The minimum atomic E-state index is -0.544.